The number of halogens is 1. The molecule has 0 aliphatic carbocycles. The maximum absolute atomic E-state index is 6.39. The first-order valence-corrected chi connectivity index (χ1v) is 10.5. The highest BCUT2D eigenvalue weighted by molar-refractivity contribution is 6.33. The van der Waals surface area contributed by atoms with Crippen LogP contribution in [0.4, 0.5) is 17.5 Å². The Labute approximate surface area is 175 Å². The van der Waals surface area contributed by atoms with Crippen LogP contribution in [0.15, 0.2) is 48.5 Å². The second kappa shape index (κ2) is 8.05. The van der Waals surface area contributed by atoms with Crippen molar-refractivity contribution in [3.05, 3.63) is 53.6 Å². The van der Waals surface area contributed by atoms with Crippen molar-refractivity contribution in [2.24, 2.45) is 0 Å². The van der Waals surface area contributed by atoms with E-state index < -0.39 is 0 Å². The molecule has 0 unspecified atom stereocenters. The van der Waals surface area contributed by atoms with Crippen molar-refractivity contribution >= 4 is 40.0 Å². The standard InChI is InChI=1S/C22H24ClN5O/c23-18-6-2-4-8-20(18)26-9-11-28(12-10-26)22-24-19-7-3-1-5-17(19)21(25-22)27-13-15-29-16-14-27/h1-8H,9-16H2. The summed E-state index contributed by atoms with van der Waals surface area (Å²) < 4.78 is 5.53. The Kier molecular flexibility index (Phi) is 5.12. The molecule has 6 nitrogen and oxygen atoms in total. The van der Waals surface area contributed by atoms with Gasteiger partial charge in [0, 0.05) is 44.7 Å². The molecule has 7 heteroatoms. The van der Waals surface area contributed by atoms with Crippen LogP contribution >= 0.6 is 11.6 Å². The Morgan fingerprint density at radius 3 is 2.21 bits per heavy atom. The van der Waals surface area contributed by atoms with E-state index >= 15 is 0 Å². The van der Waals surface area contributed by atoms with Crippen LogP contribution in [-0.2, 0) is 4.74 Å². The van der Waals surface area contributed by atoms with Crippen LogP contribution in [0, 0.1) is 0 Å². The number of fused-ring (bicyclic) bond motifs is 1. The molecule has 5 rings (SSSR count). The normalized spacial score (nSPS) is 17.8. The third kappa shape index (κ3) is 3.70. The molecule has 2 aliphatic rings. The van der Waals surface area contributed by atoms with Gasteiger partial charge in [0.2, 0.25) is 5.95 Å². The summed E-state index contributed by atoms with van der Waals surface area (Å²) >= 11 is 6.39. The van der Waals surface area contributed by atoms with Crippen molar-refractivity contribution in [2.75, 3.05) is 67.2 Å². The van der Waals surface area contributed by atoms with Gasteiger partial charge in [-0.3, -0.25) is 0 Å². The molecular weight excluding hydrogens is 386 g/mol. The van der Waals surface area contributed by atoms with Crippen LogP contribution in [-0.4, -0.2) is 62.5 Å². The van der Waals surface area contributed by atoms with E-state index in [0.717, 1.165) is 85.9 Å². The van der Waals surface area contributed by atoms with Crippen LogP contribution in [0.3, 0.4) is 0 Å². The van der Waals surface area contributed by atoms with Crippen LogP contribution in [0.1, 0.15) is 0 Å². The van der Waals surface area contributed by atoms with Crippen LogP contribution in [0.2, 0.25) is 5.02 Å². The van der Waals surface area contributed by atoms with Crippen molar-refractivity contribution < 1.29 is 4.74 Å². The Bertz CT molecular complexity index is 999. The van der Waals surface area contributed by atoms with Crippen LogP contribution in [0.25, 0.3) is 10.9 Å². The van der Waals surface area contributed by atoms with Gasteiger partial charge in [-0.2, -0.15) is 4.98 Å². The fraction of sp³-hybridized carbons (Fsp3) is 0.364. The molecule has 2 fully saturated rings. The zero-order valence-corrected chi connectivity index (χ0v) is 17.1. The number of hydrogen-bond acceptors (Lipinski definition) is 6. The van der Waals surface area contributed by atoms with Crippen molar-refractivity contribution in [3.63, 3.8) is 0 Å². The third-order valence-corrected chi connectivity index (χ3v) is 5.96. The first kappa shape index (κ1) is 18.5. The van der Waals surface area contributed by atoms with Gasteiger partial charge in [-0.1, -0.05) is 35.9 Å². The Balaban J connectivity index is 1.41. The summed E-state index contributed by atoms with van der Waals surface area (Å²) in [6, 6.07) is 16.3. The monoisotopic (exact) mass is 409 g/mol. The third-order valence-electron chi connectivity index (χ3n) is 5.64. The molecule has 0 amide bonds. The molecule has 2 aromatic carbocycles. The number of nitrogens with zero attached hydrogens (tertiary/aromatic N) is 5. The first-order chi connectivity index (χ1) is 14.3. The number of aromatic nitrogens is 2. The van der Waals surface area contributed by atoms with Crippen molar-refractivity contribution in [2.45, 2.75) is 0 Å². The summed E-state index contributed by atoms with van der Waals surface area (Å²) in [6.07, 6.45) is 0. The lowest BCUT2D eigenvalue weighted by Crippen LogP contribution is -2.47. The molecule has 0 N–H and O–H groups in total. The predicted octanol–water partition coefficient (Wildman–Crippen LogP) is 3.45. The maximum Gasteiger partial charge on any atom is 0.228 e. The van der Waals surface area contributed by atoms with Gasteiger partial charge >= 0.3 is 0 Å². The maximum atomic E-state index is 6.39. The second-order valence-corrected chi connectivity index (χ2v) is 7.80. The van der Waals surface area contributed by atoms with Gasteiger partial charge in [0.15, 0.2) is 0 Å². The highest BCUT2D eigenvalue weighted by Crippen LogP contribution is 2.29. The number of para-hydroxylation sites is 2. The van der Waals surface area contributed by atoms with Gasteiger partial charge in [0.05, 0.1) is 29.4 Å². The van der Waals surface area contributed by atoms with Crippen molar-refractivity contribution in [1.82, 2.24) is 9.97 Å². The lowest BCUT2D eigenvalue weighted by molar-refractivity contribution is 0.122. The van der Waals surface area contributed by atoms with Gasteiger partial charge in [0.25, 0.3) is 0 Å². The Morgan fingerprint density at radius 1 is 0.724 bits per heavy atom. The van der Waals surface area contributed by atoms with Gasteiger partial charge in [-0.25, -0.2) is 4.98 Å². The predicted molar refractivity (Wildman–Crippen MR) is 118 cm³/mol. The summed E-state index contributed by atoms with van der Waals surface area (Å²) in [5, 5.41) is 1.91. The highest BCUT2D eigenvalue weighted by atomic mass is 35.5. The fourth-order valence-corrected chi connectivity index (χ4v) is 4.32. The zero-order chi connectivity index (χ0) is 19.6. The first-order valence-electron chi connectivity index (χ1n) is 10.1. The van der Waals surface area contributed by atoms with Gasteiger partial charge in [-0.15, -0.1) is 0 Å². The van der Waals surface area contributed by atoms with Crippen LogP contribution in [0.5, 0.6) is 0 Å². The van der Waals surface area contributed by atoms with Gasteiger partial charge < -0.3 is 19.4 Å². The fourth-order valence-electron chi connectivity index (χ4n) is 4.06. The van der Waals surface area contributed by atoms with Crippen LogP contribution < -0.4 is 14.7 Å². The van der Waals surface area contributed by atoms with E-state index in [2.05, 4.69) is 39.0 Å². The molecule has 0 radical (unpaired) electrons. The van der Waals surface area contributed by atoms with Gasteiger partial charge in [-0.05, 0) is 24.3 Å². The molecule has 1 aromatic heterocycles. The number of ether oxygens (including phenoxy) is 1. The molecule has 0 atom stereocenters. The topological polar surface area (TPSA) is 44.7 Å². The minimum Gasteiger partial charge on any atom is -0.378 e. The van der Waals surface area contributed by atoms with E-state index in [1.807, 2.05) is 24.3 Å². The summed E-state index contributed by atoms with van der Waals surface area (Å²) in [5.41, 5.74) is 2.09. The smallest absolute Gasteiger partial charge is 0.228 e. The Morgan fingerprint density at radius 2 is 1.41 bits per heavy atom. The minimum absolute atomic E-state index is 0.740. The number of piperazine rings is 1. The quantitative estimate of drug-likeness (QED) is 0.660. The summed E-state index contributed by atoms with van der Waals surface area (Å²) in [6.45, 7) is 6.73. The van der Waals surface area contributed by atoms with E-state index in [0.29, 0.717) is 0 Å². The molecule has 0 spiro atoms. The minimum atomic E-state index is 0.740. The lowest BCUT2D eigenvalue weighted by atomic mass is 10.2. The lowest BCUT2D eigenvalue weighted by Gasteiger charge is -2.37. The second-order valence-electron chi connectivity index (χ2n) is 7.39. The van der Waals surface area contributed by atoms with E-state index in [-0.39, 0.29) is 0 Å². The highest BCUT2D eigenvalue weighted by Gasteiger charge is 2.23. The number of morpholine rings is 1. The number of anilines is 3. The summed E-state index contributed by atoms with van der Waals surface area (Å²) in [4.78, 5) is 16.8. The number of hydrogen-bond donors (Lipinski definition) is 0. The zero-order valence-electron chi connectivity index (χ0n) is 16.3. The molecular formula is C22H24ClN5O. The van der Waals surface area contributed by atoms with E-state index in [4.69, 9.17) is 26.3 Å². The van der Waals surface area contributed by atoms with E-state index in [1.165, 1.54) is 0 Å². The molecule has 150 valence electrons. The number of rotatable bonds is 3. The molecule has 29 heavy (non-hydrogen) atoms. The molecule has 3 heterocycles. The average molecular weight is 410 g/mol. The largest absolute Gasteiger partial charge is 0.378 e. The average Bonchev–Trinajstić information content (AvgIpc) is 2.79. The number of benzene rings is 2. The van der Waals surface area contributed by atoms with E-state index in [9.17, 15) is 0 Å². The Hall–Kier alpha value is -2.57. The van der Waals surface area contributed by atoms with Crippen molar-refractivity contribution in [3.8, 4) is 0 Å². The molecule has 3 aromatic rings. The SMILES string of the molecule is Clc1ccccc1N1CCN(c2nc(N3CCOCC3)c3ccccc3n2)CC1. The molecule has 0 bridgehead atoms. The van der Waals surface area contributed by atoms with Crippen molar-refractivity contribution in [1.29, 1.82) is 0 Å². The molecule has 2 aliphatic heterocycles. The van der Waals surface area contributed by atoms with Gasteiger partial charge in [0.1, 0.15) is 5.82 Å². The summed E-state index contributed by atoms with van der Waals surface area (Å²) in [7, 11) is 0. The van der Waals surface area contributed by atoms with E-state index in [1.54, 1.807) is 0 Å². The molecule has 2 saturated heterocycles. The summed E-state index contributed by atoms with van der Waals surface area (Å²) in [5.74, 6) is 1.83. The molecule has 0 saturated carbocycles.